The fourth-order valence-electron chi connectivity index (χ4n) is 6.08. The summed E-state index contributed by atoms with van der Waals surface area (Å²) in [5.74, 6) is -2.49. The number of hydrogen-bond donors (Lipinski definition) is 1. The molecule has 0 saturated carbocycles. The van der Waals surface area contributed by atoms with Crippen molar-refractivity contribution in [2.45, 2.75) is 56.9 Å². The number of esters is 1. The Kier molecular flexibility index (Phi) is 9.51. The van der Waals surface area contributed by atoms with E-state index in [4.69, 9.17) is 9.47 Å². The van der Waals surface area contributed by atoms with E-state index in [0.29, 0.717) is 35.2 Å². The van der Waals surface area contributed by atoms with Gasteiger partial charge in [-0.3, -0.25) is 18.7 Å². The predicted molar refractivity (Wildman–Crippen MR) is 179 cm³/mol. The average molecular weight is 686 g/mol. The van der Waals surface area contributed by atoms with Gasteiger partial charge in [0.1, 0.15) is 28.5 Å². The Hall–Kier alpha value is -5.10. The lowest BCUT2D eigenvalue weighted by Gasteiger charge is -2.49. The van der Waals surface area contributed by atoms with Gasteiger partial charge in [-0.1, -0.05) is 78.9 Å². The lowest BCUT2D eigenvalue weighted by molar-refractivity contribution is -0.153. The molecule has 49 heavy (non-hydrogen) atoms. The van der Waals surface area contributed by atoms with Gasteiger partial charge in [-0.15, -0.1) is 0 Å². The Morgan fingerprint density at radius 3 is 2.20 bits per heavy atom. The normalized spacial score (nSPS) is 21.5. The maximum Gasteiger partial charge on any atom is 0.408 e. The zero-order valence-corrected chi connectivity index (χ0v) is 28.1. The van der Waals surface area contributed by atoms with Crippen LogP contribution in [0.2, 0.25) is 0 Å². The van der Waals surface area contributed by atoms with Crippen molar-refractivity contribution in [3.8, 4) is 0 Å². The molecule has 3 heterocycles. The molecule has 3 unspecified atom stereocenters. The number of nitrogens with zero attached hydrogens (tertiary/aromatic N) is 2. The first kappa shape index (κ1) is 33.8. The van der Waals surface area contributed by atoms with Gasteiger partial charge in [-0.25, -0.2) is 14.0 Å². The molecule has 0 spiro atoms. The van der Waals surface area contributed by atoms with Crippen LogP contribution in [0, 0.1) is 5.82 Å². The molecule has 3 aliphatic heterocycles. The highest BCUT2D eigenvalue weighted by molar-refractivity contribution is 7.86. The smallest absolute Gasteiger partial charge is 0.408 e. The molecule has 6 rings (SSSR count). The van der Waals surface area contributed by atoms with E-state index in [1.54, 1.807) is 39.0 Å². The van der Waals surface area contributed by atoms with Crippen molar-refractivity contribution in [1.29, 1.82) is 0 Å². The van der Waals surface area contributed by atoms with E-state index in [2.05, 4.69) is 5.32 Å². The molecular formula is C37H36FN3O7S. The van der Waals surface area contributed by atoms with Crippen LogP contribution in [0.25, 0.3) is 0 Å². The van der Waals surface area contributed by atoms with Crippen LogP contribution in [-0.2, 0) is 41.2 Å². The molecule has 3 amide bonds. The number of rotatable bonds is 8. The van der Waals surface area contributed by atoms with Gasteiger partial charge in [0.15, 0.2) is 6.10 Å². The van der Waals surface area contributed by atoms with Crippen molar-refractivity contribution in [2.75, 3.05) is 12.3 Å². The summed E-state index contributed by atoms with van der Waals surface area (Å²) >= 11 is 0. The summed E-state index contributed by atoms with van der Waals surface area (Å²) in [6.07, 6.45) is 0.0840. The minimum atomic E-state index is -1.77. The zero-order valence-electron chi connectivity index (χ0n) is 27.3. The minimum Gasteiger partial charge on any atom is -0.448 e. The molecule has 3 aliphatic rings. The van der Waals surface area contributed by atoms with Crippen LogP contribution >= 0.6 is 0 Å². The molecule has 2 saturated heterocycles. The maximum absolute atomic E-state index is 14.4. The number of benzene rings is 3. The third-order valence-electron chi connectivity index (χ3n) is 8.33. The SMILES string of the molecule is CC(C)(C)OC(=O)NC1C(=O)N2C(C(=O)OC(c3ccccc3)c3ccccc3)=C(/C=C3\CCN(Cc4ccccc4F)C3=O)CS(=O)C12. The Balaban J connectivity index is 1.35. The molecule has 0 radical (unpaired) electrons. The lowest BCUT2D eigenvalue weighted by Crippen LogP contribution is -2.73. The second kappa shape index (κ2) is 13.8. The number of likely N-dealkylation sites (tertiary alicyclic amines) is 1. The van der Waals surface area contributed by atoms with Crippen molar-refractivity contribution >= 4 is 34.7 Å². The van der Waals surface area contributed by atoms with Crippen LogP contribution < -0.4 is 5.32 Å². The summed E-state index contributed by atoms with van der Waals surface area (Å²) in [6.45, 7) is 5.40. The van der Waals surface area contributed by atoms with E-state index in [-0.39, 0.29) is 29.5 Å². The van der Waals surface area contributed by atoms with E-state index in [1.165, 1.54) is 17.0 Å². The Labute approximate surface area is 286 Å². The summed E-state index contributed by atoms with van der Waals surface area (Å²) in [5, 5.41) is 1.44. The van der Waals surface area contributed by atoms with Crippen molar-refractivity contribution in [2.24, 2.45) is 0 Å². The van der Waals surface area contributed by atoms with Gasteiger partial charge in [0.2, 0.25) is 5.91 Å². The third kappa shape index (κ3) is 7.19. The van der Waals surface area contributed by atoms with Gasteiger partial charge >= 0.3 is 12.1 Å². The fraction of sp³-hybridized carbons (Fsp3) is 0.297. The van der Waals surface area contributed by atoms with Gasteiger partial charge in [0.05, 0.1) is 16.6 Å². The predicted octanol–water partition coefficient (Wildman–Crippen LogP) is 4.90. The number of β-lactam (4-membered cyclic amide) rings is 1. The third-order valence-corrected chi connectivity index (χ3v) is 9.95. The van der Waals surface area contributed by atoms with Crippen LogP contribution in [-0.4, -0.2) is 67.2 Å². The van der Waals surface area contributed by atoms with Crippen molar-refractivity contribution < 1.29 is 37.3 Å². The highest BCUT2D eigenvalue weighted by atomic mass is 32.2. The van der Waals surface area contributed by atoms with Gasteiger partial charge in [-0.2, -0.15) is 0 Å². The molecule has 10 nitrogen and oxygen atoms in total. The first-order valence-corrected chi connectivity index (χ1v) is 17.3. The number of fused-ring (bicyclic) bond motifs is 1. The summed E-state index contributed by atoms with van der Waals surface area (Å²) in [7, 11) is -1.77. The molecular weight excluding hydrogens is 649 g/mol. The second-order valence-corrected chi connectivity index (χ2v) is 14.5. The minimum absolute atomic E-state index is 0.0588. The monoisotopic (exact) mass is 685 g/mol. The number of halogens is 1. The fourth-order valence-corrected chi connectivity index (χ4v) is 7.71. The highest BCUT2D eigenvalue weighted by Crippen LogP contribution is 2.38. The van der Waals surface area contributed by atoms with E-state index < -0.39 is 57.7 Å². The molecule has 254 valence electrons. The molecule has 0 bridgehead atoms. The van der Waals surface area contributed by atoms with E-state index in [0.717, 1.165) is 4.90 Å². The average Bonchev–Trinajstić information content (AvgIpc) is 3.41. The molecule has 3 aromatic rings. The van der Waals surface area contributed by atoms with Crippen LogP contribution in [0.3, 0.4) is 0 Å². The second-order valence-electron chi connectivity index (χ2n) is 13.0. The molecule has 12 heteroatoms. The topological polar surface area (TPSA) is 122 Å². The molecule has 1 N–H and O–H groups in total. The largest absolute Gasteiger partial charge is 0.448 e. The number of carbonyl (C=O) groups is 4. The van der Waals surface area contributed by atoms with Crippen LogP contribution in [0.5, 0.6) is 0 Å². The van der Waals surface area contributed by atoms with Crippen LogP contribution in [0.15, 0.2) is 108 Å². The van der Waals surface area contributed by atoms with E-state index >= 15 is 0 Å². The van der Waals surface area contributed by atoms with E-state index in [1.807, 2.05) is 60.7 Å². The zero-order chi connectivity index (χ0) is 34.9. The van der Waals surface area contributed by atoms with Crippen molar-refractivity contribution in [1.82, 2.24) is 15.1 Å². The van der Waals surface area contributed by atoms with Crippen molar-refractivity contribution in [3.05, 3.63) is 130 Å². The van der Waals surface area contributed by atoms with Crippen LogP contribution in [0.4, 0.5) is 9.18 Å². The standard InChI is InChI=1S/C37H36FN3O7S/c1-37(2,3)48-36(45)39-29-33(43)41-30(35(44)47-31(23-12-6-4-7-13-23)24-14-8-5-9-15-24)27(22-49(46)34(29)41)20-25-18-19-40(32(25)42)21-26-16-10-11-17-28(26)38/h4-17,20,29,31,34H,18-19,21-22H2,1-3H3,(H,39,45)/b25-20+. The van der Waals surface area contributed by atoms with Gasteiger partial charge in [0.25, 0.3) is 5.91 Å². The summed E-state index contributed by atoms with van der Waals surface area (Å²) in [6, 6.07) is 23.2. The molecule has 0 aromatic heterocycles. The molecule has 3 aromatic carbocycles. The van der Waals surface area contributed by atoms with Crippen LogP contribution in [0.1, 0.15) is 50.0 Å². The Morgan fingerprint density at radius 1 is 0.980 bits per heavy atom. The van der Waals surface area contributed by atoms with Gasteiger partial charge < -0.3 is 19.7 Å². The molecule has 2 fully saturated rings. The number of allylic oxidation sites excluding steroid dienone is 1. The Morgan fingerprint density at radius 2 is 1.59 bits per heavy atom. The number of nitrogens with one attached hydrogen (secondary N) is 1. The first-order chi connectivity index (χ1) is 23.4. The number of alkyl carbamates (subject to hydrolysis) is 1. The number of amides is 3. The highest BCUT2D eigenvalue weighted by Gasteiger charge is 2.58. The van der Waals surface area contributed by atoms with Crippen molar-refractivity contribution in [3.63, 3.8) is 0 Å². The summed E-state index contributed by atoms with van der Waals surface area (Å²) < 4.78 is 39.5. The van der Waals surface area contributed by atoms with Gasteiger partial charge in [-0.05, 0) is 56.0 Å². The maximum atomic E-state index is 14.4. The van der Waals surface area contributed by atoms with Gasteiger partial charge in [0, 0.05) is 24.2 Å². The first-order valence-electron chi connectivity index (χ1n) is 15.9. The molecule has 3 atom stereocenters. The Bertz CT molecular complexity index is 1830. The summed E-state index contributed by atoms with van der Waals surface area (Å²) in [5.41, 5.74) is 1.27. The number of carbonyl (C=O) groups excluding carboxylic acids is 4. The quantitative estimate of drug-likeness (QED) is 0.204. The molecule has 0 aliphatic carbocycles. The number of hydrogen-bond acceptors (Lipinski definition) is 7. The van der Waals surface area contributed by atoms with E-state index in [9.17, 15) is 27.8 Å². The lowest BCUT2D eigenvalue weighted by atomic mass is 10.00. The summed E-state index contributed by atoms with van der Waals surface area (Å²) in [4.78, 5) is 56.6. The number of ether oxygens (including phenoxy) is 2.